The number of hydrogen-bond acceptors (Lipinski definition) is 4. The fourth-order valence-corrected chi connectivity index (χ4v) is 3.17. The number of nitrogens with zero attached hydrogens (tertiary/aromatic N) is 1. The van der Waals surface area contributed by atoms with Crippen molar-refractivity contribution in [2.24, 2.45) is 0 Å². The van der Waals surface area contributed by atoms with E-state index in [1.54, 1.807) is 17.5 Å². The first kappa shape index (κ1) is 13.2. The van der Waals surface area contributed by atoms with Gasteiger partial charge >= 0.3 is 0 Å². The molecule has 0 radical (unpaired) electrons. The maximum Gasteiger partial charge on any atom is 0.101 e. The maximum atomic E-state index is 10.2. The number of aromatic nitrogens is 1. The zero-order valence-corrected chi connectivity index (χ0v) is 11.8. The summed E-state index contributed by atoms with van der Waals surface area (Å²) in [5.41, 5.74) is 1.12. The molecule has 3 rings (SSSR count). The lowest BCUT2D eigenvalue weighted by atomic mass is 10.2. The molecule has 1 unspecified atom stereocenters. The summed E-state index contributed by atoms with van der Waals surface area (Å²) in [5, 5.41) is 14.7. The predicted octanol–water partition coefficient (Wildman–Crippen LogP) is 3.12. The number of aliphatic hydroxyl groups excluding tert-OH is 1. The highest BCUT2D eigenvalue weighted by Crippen LogP contribution is 2.29. The van der Waals surface area contributed by atoms with Crippen molar-refractivity contribution in [3.05, 3.63) is 65.3 Å². The molecule has 2 N–H and O–H groups in total. The number of hydrogen-bond donors (Lipinski definition) is 2. The Morgan fingerprint density at radius 3 is 2.90 bits per heavy atom. The Balaban J connectivity index is 1.60. The molecule has 20 heavy (non-hydrogen) atoms. The summed E-state index contributed by atoms with van der Waals surface area (Å²) in [6.45, 7) is 1.26. The molecule has 0 saturated carbocycles. The van der Waals surface area contributed by atoms with E-state index < -0.39 is 6.10 Å². The molecule has 102 valence electrons. The van der Waals surface area contributed by atoms with Gasteiger partial charge in [0.2, 0.25) is 0 Å². The average molecular weight is 284 g/mol. The van der Waals surface area contributed by atoms with E-state index in [1.165, 1.54) is 10.1 Å². The molecule has 4 heteroatoms. The molecule has 1 aromatic carbocycles. The number of pyridine rings is 1. The lowest BCUT2D eigenvalue weighted by molar-refractivity contribution is 0.178. The van der Waals surface area contributed by atoms with Crippen LogP contribution in [0.25, 0.3) is 10.1 Å². The number of aliphatic hydroxyl groups is 1. The summed E-state index contributed by atoms with van der Waals surface area (Å²) in [4.78, 5) is 5.07. The van der Waals surface area contributed by atoms with E-state index in [2.05, 4.69) is 28.5 Å². The van der Waals surface area contributed by atoms with E-state index >= 15 is 0 Å². The van der Waals surface area contributed by atoms with Crippen LogP contribution in [0.4, 0.5) is 0 Å². The Morgan fingerprint density at radius 1 is 1.20 bits per heavy atom. The van der Waals surface area contributed by atoms with Gasteiger partial charge in [0.25, 0.3) is 0 Å². The molecule has 0 aliphatic heterocycles. The summed E-state index contributed by atoms with van der Waals surface area (Å²) in [6.07, 6.45) is 3.12. The normalized spacial score (nSPS) is 12.7. The van der Waals surface area contributed by atoms with Gasteiger partial charge in [0.15, 0.2) is 0 Å². The summed E-state index contributed by atoms with van der Waals surface area (Å²) in [6, 6.07) is 14.2. The van der Waals surface area contributed by atoms with Crippen molar-refractivity contribution in [2.45, 2.75) is 12.6 Å². The van der Waals surface area contributed by atoms with E-state index in [-0.39, 0.29) is 0 Å². The van der Waals surface area contributed by atoms with Gasteiger partial charge in [0, 0.05) is 35.1 Å². The first-order chi connectivity index (χ1) is 9.83. The SMILES string of the molecule is OC(CNCc1cccnc1)c1cc2ccccc2s1. The van der Waals surface area contributed by atoms with Gasteiger partial charge in [0.1, 0.15) is 6.10 Å². The first-order valence-corrected chi connectivity index (χ1v) is 7.41. The van der Waals surface area contributed by atoms with E-state index in [0.717, 1.165) is 17.0 Å². The predicted molar refractivity (Wildman–Crippen MR) is 82.7 cm³/mol. The lowest BCUT2D eigenvalue weighted by Gasteiger charge is -2.09. The molecule has 0 bridgehead atoms. The third-order valence-electron chi connectivity index (χ3n) is 3.16. The largest absolute Gasteiger partial charge is 0.386 e. The Hall–Kier alpha value is -1.75. The van der Waals surface area contributed by atoms with Crippen LogP contribution in [0.3, 0.4) is 0 Å². The van der Waals surface area contributed by atoms with E-state index in [0.29, 0.717) is 6.54 Å². The molecule has 3 aromatic rings. The van der Waals surface area contributed by atoms with Gasteiger partial charge in [-0.1, -0.05) is 24.3 Å². The molecule has 2 aromatic heterocycles. The number of rotatable bonds is 5. The number of benzene rings is 1. The van der Waals surface area contributed by atoms with Crippen molar-refractivity contribution in [1.29, 1.82) is 0 Å². The minimum atomic E-state index is -0.468. The highest BCUT2D eigenvalue weighted by Gasteiger charge is 2.10. The third kappa shape index (κ3) is 3.04. The van der Waals surface area contributed by atoms with Gasteiger partial charge in [-0.15, -0.1) is 11.3 Å². The topological polar surface area (TPSA) is 45.1 Å². The van der Waals surface area contributed by atoms with Crippen LogP contribution in [0.1, 0.15) is 16.5 Å². The maximum absolute atomic E-state index is 10.2. The van der Waals surface area contributed by atoms with Crippen molar-refractivity contribution in [2.75, 3.05) is 6.54 Å². The molecule has 0 spiro atoms. The molecule has 0 amide bonds. The second kappa shape index (κ2) is 6.13. The zero-order chi connectivity index (χ0) is 13.8. The second-order valence-electron chi connectivity index (χ2n) is 4.69. The van der Waals surface area contributed by atoms with Gasteiger partial charge < -0.3 is 10.4 Å². The van der Waals surface area contributed by atoms with Crippen LogP contribution < -0.4 is 5.32 Å². The van der Waals surface area contributed by atoms with Crippen molar-refractivity contribution in [3.8, 4) is 0 Å². The van der Waals surface area contributed by atoms with Crippen LogP contribution >= 0.6 is 11.3 Å². The van der Waals surface area contributed by atoms with E-state index in [9.17, 15) is 5.11 Å². The standard InChI is InChI=1S/C16H16N2OS/c19-14(11-18-10-12-4-3-7-17-9-12)16-8-13-5-1-2-6-15(13)20-16/h1-9,14,18-19H,10-11H2. The minimum absolute atomic E-state index is 0.468. The molecule has 2 heterocycles. The molecule has 0 fully saturated rings. The third-order valence-corrected chi connectivity index (χ3v) is 4.38. The van der Waals surface area contributed by atoms with Crippen LogP contribution in [0.2, 0.25) is 0 Å². The molecule has 0 aliphatic rings. The Labute approximate surface area is 121 Å². The van der Waals surface area contributed by atoms with Gasteiger partial charge in [0.05, 0.1) is 0 Å². The van der Waals surface area contributed by atoms with Crippen LogP contribution in [0.5, 0.6) is 0 Å². The Morgan fingerprint density at radius 2 is 2.10 bits per heavy atom. The molecule has 0 saturated heterocycles. The van der Waals surface area contributed by atoms with E-state index in [1.807, 2.05) is 30.5 Å². The smallest absolute Gasteiger partial charge is 0.101 e. The highest BCUT2D eigenvalue weighted by molar-refractivity contribution is 7.19. The monoisotopic (exact) mass is 284 g/mol. The lowest BCUT2D eigenvalue weighted by Crippen LogP contribution is -2.20. The molecule has 1 atom stereocenters. The Kier molecular flexibility index (Phi) is 4.06. The van der Waals surface area contributed by atoms with E-state index in [4.69, 9.17) is 0 Å². The summed E-state index contributed by atoms with van der Waals surface area (Å²) in [5.74, 6) is 0. The van der Waals surface area contributed by atoms with Crippen molar-refractivity contribution >= 4 is 21.4 Å². The summed E-state index contributed by atoms with van der Waals surface area (Å²) < 4.78 is 1.22. The van der Waals surface area contributed by atoms with Crippen LogP contribution in [0, 0.1) is 0 Å². The summed E-state index contributed by atoms with van der Waals surface area (Å²) in [7, 11) is 0. The Bertz CT molecular complexity index is 648. The minimum Gasteiger partial charge on any atom is -0.386 e. The molecule has 0 aliphatic carbocycles. The number of fused-ring (bicyclic) bond motifs is 1. The summed E-state index contributed by atoms with van der Waals surface area (Å²) >= 11 is 1.65. The average Bonchev–Trinajstić information content (AvgIpc) is 2.92. The number of nitrogens with one attached hydrogen (secondary N) is 1. The zero-order valence-electron chi connectivity index (χ0n) is 11.0. The van der Waals surface area contributed by atoms with Gasteiger partial charge in [-0.05, 0) is 29.1 Å². The first-order valence-electron chi connectivity index (χ1n) is 6.59. The van der Waals surface area contributed by atoms with Crippen molar-refractivity contribution in [3.63, 3.8) is 0 Å². The van der Waals surface area contributed by atoms with Crippen LogP contribution in [-0.2, 0) is 6.54 Å². The van der Waals surface area contributed by atoms with Crippen LogP contribution in [0.15, 0.2) is 54.9 Å². The fourth-order valence-electron chi connectivity index (χ4n) is 2.12. The number of thiophene rings is 1. The van der Waals surface area contributed by atoms with Gasteiger partial charge in [-0.3, -0.25) is 4.98 Å². The van der Waals surface area contributed by atoms with Gasteiger partial charge in [-0.25, -0.2) is 0 Å². The van der Waals surface area contributed by atoms with Gasteiger partial charge in [-0.2, -0.15) is 0 Å². The molecule has 3 nitrogen and oxygen atoms in total. The van der Waals surface area contributed by atoms with Crippen LogP contribution in [-0.4, -0.2) is 16.6 Å². The molecular weight excluding hydrogens is 268 g/mol. The van der Waals surface area contributed by atoms with Crippen molar-refractivity contribution < 1.29 is 5.11 Å². The van der Waals surface area contributed by atoms with Crippen molar-refractivity contribution in [1.82, 2.24) is 10.3 Å². The second-order valence-corrected chi connectivity index (χ2v) is 5.81. The highest BCUT2D eigenvalue weighted by atomic mass is 32.1. The quantitative estimate of drug-likeness (QED) is 0.756. The molecular formula is C16H16N2OS. The fraction of sp³-hybridized carbons (Fsp3) is 0.188.